The lowest BCUT2D eigenvalue weighted by Gasteiger charge is -2.25. The van der Waals surface area contributed by atoms with Crippen molar-refractivity contribution in [3.63, 3.8) is 0 Å². The average molecular weight is 599 g/mol. The van der Waals surface area contributed by atoms with Gasteiger partial charge in [0.25, 0.3) is 5.91 Å². The van der Waals surface area contributed by atoms with Gasteiger partial charge in [0.1, 0.15) is 6.04 Å². The molecule has 0 radical (unpaired) electrons. The first kappa shape index (κ1) is 30.0. The van der Waals surface area contributed by atoms with E-state index < -0.39 is 48.3 Å². The third kappa shape index (κ3) is 7.05. The molecule has 1 aliphatic rings. The summed E-state index contributed by atoms with van der Waals surface area (Å²) in [7, 11) is 0. The van der Waals surface area contributed by atoms with Gasteiger partial charge in [-0.2, -0.15) is 0 Å². The fourth-order valence-electron chi connectivity index (χ4n) is 4.55. The summed E-state index contributed by atoms with van der Waals surface area (Å²) in [6.45, 7) is 0.928. The van der Waals surface area contributed by atoms with Crippen molar-refractivity contribution >= 4 is 57.6 Å². The number of hydrogen-bond donors (Lipinski definition) is 3. The van der Waals surface area contributed by atoms with Gasteiger partial charge in [0, 0.05) is 5.70 Å². The molecule has 0 saturated heterocycles. The number of hydroxylamine groups is 1. The van der Waals surface area contributed by atoms with Crippen molar-refractivity contribution in [3.8, 4) is 0 Å². The van der Waals surface area contributed by atoms with Crippen LogP contribution in [0.15, 0.2) is 72.4 Å². The van der Waals surface area contributed by atoms with Crippen LogP contribution < -0.4 is 10.8 Å². The molecule has 0 aliphatic carbocycles. The number of amides is 1. The van der Waals surface area contributed by atoms with E-state index in [9.17, 15) is 24.3 Å². The van der Waals surface area contributed by atoms with Gasteiger partial charge in [0.15, 0.2) is 18.0 Å². The fraction of sp³-hybridized carbons (Fsp3) is 0.267. The van der Waals surface area contributed by atoms with Crippen molar-refractivity contribution in [3.05, 3.63) is 93.6 Å². The topological polar surface area (TPSA) is 131 Å². The minimum absolute atomic E-state index is 0.0316. The molecule has 9 nitrogen and oxygen atoms in total. The second-order valence-electron chi connectivity index (χ2n) is 9.52. The molecule has 4 rings (SSSR count). The average Bonchev–Trinajstić information content (AvgIpc) is 3.39. The Morgan fingerprint density at radius 2 is 1.68 bits per heavy atom. The highest BCUT2D eigenvalue weighted by Gasteiger charge is 2.43. The number of aliphatic carboxylic acids is 1. The van der Waals surface area contributed by atoms with E-state index in [0.717, 1.165) is 16.3 Å². The molecule has 0 bridgehead atoms. The molecule has 2 atom stereocenters. The molecule has 1 amide bonds. The summed E-state index contributed by atoms with van der Waals surface area (Å²) in [5, 5.41) is 14.2. The number of fused-ring (bicyclic) bond motifs is 1. The summed E-state index contributed by atoms with van der Waals surface area (Å²) in [5.41, 5.74) is 3.05. The molecule has 41 heavy (non-hydrogen) atoms. The summed E-state index contributed by atoms with van der Waals surface area (Å²) in [5.74, 6) is -3.81. The van der Waals surface area contributed by atoms with E-state index in [1.165, 1.54) is 18.2 Å². The smallest absolute Gasteiger partial charge is 0.341 e. The molecule has 3 aromatic rings. The largest absolute Gasteiger partial charge is 0.481 e. The Hall–Kier alpha value is -3.92. The van der Waals surface area contributed by atoms with E-state index in [2.05, 4.69) is 16.9 Å². The zero-order valence-corrected chi connectivity index (χ0v) is 23.6. The van der Waals surface area contributed by atoms with Gasteiger partial charge in [0.05, 0.1) is 22.0 Å². The predicted octanol–water partition coefficient (Wildman–Crippen LogP) is 5.03. The van der Waals surface area contributed by atoms with Gasteiger partial charge in [-0.05, 0) is 53.8 Å². The highest BCUT2D eigenvalue weighted by molar-refractivity contribution is 6.39. The van der Waals surface area contributed by atoms with Gasteiger partial charge in [-0.15, -0.1) is 0 Å². The second kappa shape index (κ2) is 13.2. The van der Waals surface area contributed by atoms with Crippen molar-refractivity contribution in [2.45, 2.75) is 44.2 Å². The summed E-state index contributed by atoms with van der Waals surface area (Å²) >= 11 is 12.0. The lowest BCUT2D eigenvalue weighted by atomic mass is 9.95. The summed E-state index contributed by atoms with van der Waals surface area (Å²) in [4.78, 5) is 55.8. The third-order valence-electron chi connectivity index (χ3n) is 6.81. The number of carboxylic acids is 1. The fourth-order valence-corrected chi connectivity index (χ4v) is 5.10. The van der Waals surface area contributed by atoms with Gasteiger partial charge in [-0.1, -0.05) is 78.7 Å². The SMILES string of the molecule is CCC1(C(=O)N[C@@H](CC(=O)O)C(=O)COC(=O)c2c(Cl)cccc2Cl)C=C(CCc2cccc3ccccc23)NO1. The number of rotatable bonds is 12. The van der Waals surface area contributed by atoms with Gasteiger partial charge in [0.2, 0.25) is 0 Å². The van der Waals surface area contributed by atoms with Crippen molar-refractivity contribution in [2.24, 2.45) is 0 Å². The Morgan fingerprint density at radius 3 is 2.39 bits per heavy atom. The number of Topliss-reactive ketones (excluding diaryl/α,β-unsaturated/α-hetero) is 1. The van der Waals surface area contributed by atoms with Crippen molar-refractivity contribution in [1.29, 1.82) is 0 Å². The number of carbonyl (C=O) groups excluding carboxylic acids is 3. The maximum absolute atomic E-state index is 13.3. The van der Waals surface area contributed by atoms with Crippen molar-refractivity contribution in [1.82, 2.24) is 10.8 Å². The normalized spacial score (nSPS) is 16.9. The monoisotopic (exact) mass is 598 g/mol. The van der Waals surface area contributed by atoms with Crippen LogP contribution in [0.4, 0.5) is 0 Å². The second-order valence-corrected chi connectivity index (χ2v) is 10.3. The van der Waals surface area contributed by atoms with Gasteiger partial charge in [-0.3, -0.25) is 24.7 Å². The summed E-state index contributed by atoms with van der Waals surface area (Å²) in [6.07, 6.45) is 2.37. The predicted molar refractivity (Wildman–Crippen MR) is 154 cm³/mol. The van der Waals surface area contributed by atoms with Crippen molar-refractivity contribution in [2.75, 3.05) is 6.61 Å². The van der Waals surface area contributed by atoms with Crippen LogP contribution in [0.3, 0.4) is 0 Å². The standard InChI is InChI=1S/C30H28Cl2N2O7/c1-2-30(16-20(34-41-30)14-13-19-9-5-8-18-7-3-4-10-21(18)19)29(39)33-24(15-26(36)37)25(35)17-40-28(38)27-22(31)11-6-12-23(27)32/h3-12,16,24,34H,2,13-15,17H2,1H3,(H,33,39)(H,36,37)/t24-,30?/m0/s1. The molecule has 0 fully saturated rings. The van der Waals surface area contributed by atoms with Crippen LogP contribution in [0.1, 0.15) is 42.1 Å². The van der Waals surface area contributed by atoms with E-state index in [1.807, 2.05) is 36.4 Å². The molecule has 214 valence electrons. The van der Waals surface area contributed by atoms with E-state index in [0.29, 0.717) is 18.5 Å². The summed E-state index contributed by atoms with van der Waals surface area (Å²) < 4.78 is 5.04. The van der Waals surface area contributed by atoms with Crippen LogP contribution in [0.5, 0.6) is 0 Å². The number of ketones is 1. The molecule has 0 aromatic heterocycles. The maximum Gasteiger partial charge on any atom is 0.341 e. The number of carbonyl (C=O) groups is 4. The Bertz CT molecular complexity index is 1500. The first-order valence-electron chi connectivity index (χ1n) is 12.9. The highest BCUT2D eigenvalue weighted by atomic mass is 35.5. The summed E-state index contributed by atoms with van der Waals surface area (Å²) in [6, 6.07) is 17.1. The lowest BCUT2D eigenvalue weighted by molar-refractivity contribution is -0.148. The number of hydrogen-bond acceptors (Lipinski definition) is 7. The minimum Gasteiger partial charge on any atom is -0.481 e. The van der Waals surface area contributed by atoms with E-state index in [4.69, 9.17) is 32.8 Å². The molecule has 0 spiro atoms. The maximum atomic E-state index is 13.3. The number of nitrogens with one attached hydrogen (secondary N) is 2. The molecule has 0 saturated carbocycles. The van der Waals surface area contributed by atoms with Gasteiger partial charge >= 0.3 is 11.9 Å². The molecule has 1 heterocycles. The molecule has 11 heteroatoms. The van der Waals surface area contributed by atoms with E-state index >= 15 is 0 Å². The molecule has 1 aliphatic heterocycles. The van der Waals surface area contributed by atoms with Gasteiger partial charge in [-0.25, -0.2) is 4.79 Å². The van der Waals surface area contributed by atoms with Crippen LogP contribution >= 0.6 is 23.2 Å². The van der Waals surface area contributed by atoms with Gasteiger partial charge < -0.3 is 15.2 Å². The number of benzene rings is 3. The zero-order valence-electron chi connectivity index (χ0n) is 22.1. The lowest BCUT2D eigenvalue weighted by Crippen LogP contribution is -2.53. The van der Waals surface area contributed by atoms with E-state index in [1.54, 1.807) is 13.0 Å². The van der Waals surface area contributed by atoms with Crippen LogP contribution in [0.25, 0.3) is 10.8 Å². The molecule has 3 N–H and O–H groups in total. The van der Waals surface area contributed by atoms with Crippen LogP contribution in [0.2, 0.25) is 10.0 Å². The number of halogens is 2. The molecular formula is C30H28Cl2N2O7. The number of carboxylic acid groups (broad SMARTS) is 1. The number of aryl methyl sites for hydroxylation is 1. The van der Waals surface area contributed by atoms with Crippen molar-refractivity contribution < 1.29 is 33.9 Å². The van der Waals surface area contributed by atoms with Crippen LogP contribution in [0, 0.1) is 0 Å². The first-order chi connectivity index (χ1) is 19.6. The Labute approximate surface area is 246 Å². The Balaban J connectivity index is 1.42. The first-order valence-corrected chi connectivity index (χ1v) is 13.7. The Kier molecular flexibility index (Phi) is 9.65. The third-order valence-corrected chi connectivity index (χ3v) is 7.44. The molecule has 3 aromatic carbocycles. The number of allylic oxidation sites excluding steroid dienone is 1. The minimum atomic E-state index is -1.48. The Morgan fingerprint density at radius 1 is 1.00 bits per heavy atom. The zero-order chi connectivity index (χ0) is 29.6. The number of esters is 1. The quantitative estimate of drug-likeness (QED) is 0.247. The molecular weight excluding hydrogens is 571 g/mol. The molecule has 1 unspecified atom stereocenters. The van der Waals surface area contributed by atoms with E-state index in [-0.39, 0.29) is 22.0 Å². The van der Waals surface area contributed by atoms with Crippen LogP contribution in [-0.2, 0) is 30.4 Å². The van der Waals surface area contributed by atoms with Crippen LogP contribution in [-0.4, -0.2) is 47.0 Å². The number of ether oxygens (including phenoxy) is 1. The highest BCUT2D eigenvalue weighted by Crippen LogP contribution is 2.28.